The van der Waals surface area contributed by atoms with E-state index in [1.165, 1.54) is 12.3 Å². The predicted molar refractivity (Wildman–Crippen MR) is 75.8 cm³/mol. The fraction of sp³-hybridized carbons (Fsp3) is 0.333. The van der Waals surface area contributed by atoms with Crippen LogP contribution in [0.1, 0.15) is 27.8 Å². The molecule has 2 aromatic rings. The summed E-state index contributed by atoms with van der Waals surface area (Å²) in [7, 11) is 0. The number of nitrogens with zero attached hydrogens (tertiary/aromatic N) is 1. The highest BCUT2D eigenvalue weighted by atomic mass is 16.5. The van der Waals surface area contributed by atoms with E-state index in [2.05, 4.69) is 10.5 Å². The average molecular weight is 290 g/mol. The number of aliphatic hydroxyl groups excluding tert-OH is 1. The number of aryl methyl sites for hydroxylation is 1. The third-order valence-corrected chi connectivity index (χ3v) is 2.97. The van der Waals surface area contributed by atoms with Crippen molar-refractivity contribution in [3.05, 3.63) is 53.4 Å². The molecule has 0 fully saturated rings. The average Bonchev–Trinajstić information content (AvgIpc) is 3.03. The van der Waals surface area contributed by atoms with Crippen molar-refractivity contribution in [2.45, 2.75) is 13.0 Å². The number of ether oxygens (including phenoxy) is 1. The van der Waals surface area contributed by atoms with Crippen LogP contribution in [0.5, 0.6) is 0 Å². The van der Waals surface area contributed by atoms with E-state index in [0.717, 1.165) is 11.1 Å². The SMILES string of the molecule is Cc1ccc(C(CNC(=O)c2ccno2)OCCO)cc1. The molecule has 2 N–H and O–H groups in total. The first-order chi connectivity index (χ1) is 10.2. The van der Waals surface area contributed by atoms with E-state index in [-0.39, 0.29) is 37.5 Å². The van der Waals surface area contributed by atoms with Crippen LogP contribution in [0.15, 0.2) is 41.1 Å². The number of rotatable bonds is 7. The van der Waals surface area contributed by atoms with Crippen LogP contribution in [0, 0.1) is 6.92 Å². The van der Waals surface area contributed by atoms with E-state index in [0.29, 0.717) is 0 Å². The molecular formula is C15H18N2O4. The Bertz CT molecular complexity index is 552. The lowest BCUT2D eigenvalue weighted by molar-refractivity contribution is 0.0274. The van der Waals surface area contributed by atoms with Crippen molar-refractivity contribution in [2.75, 3.05) is 19.8 Å². The van der Waals surface area contributed by atoms with Crippen LogP contribution in [-0.2, 0) is 4.74 Å². The second kappa shape index (κ2) is 7.56. The van der Waals surface area contributed by atoms with Gasteiger partial charge in [0.1, 0.15) is 0 Å². The molecule has 0 bridgehead atoms. The van der Waals surface area contributed by atoms with Crippen molar-refractivity contribution < 1.29 is 19.2 Å². The molecule has 1 atom stereocenters. The Morgan fingerprint density at radius 2 is 2.14 bits per heavy atom. The molecule has 0 saturated carbocycles. The van der Waals surface area contributed by atoms with Gasteiger partial charge in [-0.25, -0.2) is 0 Å². The first-order valence-electron chi connectivity index (χ1n) is 6.68. The van der Waals surface area contributed by atoms with Gasteiger partial charge in [-0.3, -0.25) is 4.79 Å². The van der Waals surface area contributed by atoms with Gasteiger partial charge in [-0.15, -0.1) is 0 Å². The summed E-state index contributed by atoms with van der Waals surface area (Å²) in [6.45, 7) is 2.41. The third kappa shape index (κ3) is 4.40. The Morgan fingerprint density at radius 1 is 1.38 bits per heavy atom. The van der Waals surface area contributed by atoms with Crippen molar-refractivity contribution in [1.29, 1.82) is 0 Å². The summed E-state index contributed by atoms with van der Waals surface area (Å²) < 4.78 is 10.4. The molecule has 1 amide bonds. The minimum atomic E-state index is -0.350. The number of hydrogen-bond donors (Lipinski definition) is 2. The van der Waals surface area contributed by atoms with Crippen molar-refractivity contribution in [2.24, 2.45) is 0 Å². The van der Waals surface area contributed by atoms with Crippen LogP contribution >= 0.6 is 0 Å². The topological polar surface area (TPSA) is 84.6 Å². The predicted octanol–water partition coefficient (Wildman–Crippen LogP) is 1.46. The van der Waals surface area contributed by atoms with Crippen LogP contribution in [0.3, 0.4) is 0 Å². The van der Waals surface area contributed by atoms with E-state index in [1.807, 2.05) is 31.2 Å². The zero-order valence-electron chi connectivity index (χ0n) is 11.8. The van der Waals surface area contributed by atoms with Crippen molar-refractivity contribution in [1.82, 2.24) is 10.5 Å². The Labute approximate surface area is 122 Å². The molecule has 2 rings (SSSR count). The molecule has 1 unspecified atom stereocenters. The van der Waals surface area contributed by atoms with Gasteiger partial charge in [0.15, 0.2) is 0 Å². The summed E-state index contributed by atoms with van der Waals surface area (Å²) in [5, 5.41) is 15.1. The van der Waals surface area contributed by atoms with Crippen LogP contribution in [0.2, 0.25) is 0 Å². The molecule has 0 saturated heterocycles. The van der Waals surface area contributed by atoms with Crippen LogP contribution in [-0.4, -0.2) is 35.9 Å². The normalized spacial score (nSPS) is 12.1. The van der Waals surface area contributed by atoms with Gasteiger partial charge in [-0.1, -0.05) is 35.0 Å². The summed E-state index contributed by atoms with van der Waals surface area (Å²) in [4.78, 5) is 11.8. The molecule has 0 aliphatic rings. The highest BCUT2D eigenvalue weighted by molar-refractivity contribution is 5.91. The van der Waals surface area contributed by atoms with Crippen molar-refractivity contribution >= 4 is 5.91 Å². The quantitative estimate of drug-likeness (QED) is 0.806. The lowest BCUT2D eigenvalue weighted by atomic mass is 10.1. The summed E-state index contributed by atoms with van der Waals surface area (Å²) in [5.41, 5.74) is 2.08. The van der Waals surface area contributed by atoms with Crippen LogP contribution < -0.4 is 5.32 Å². The van der Waals surface area contributed by atoms with E-state index < -0.39 is 0 Å². The highest BCUT2D eigenvalue weighted by Gasteiger charge is 2.15. The Kier molecular flexibility index (Phi) is 5.48. The molecule has 1 aromatic heterocycles. The van der Waals surface area contributed by atoms with Gasteiger partial charge >= 0.3 is 0 Å². The minimum Gasteiger partial charge on any atom is -0.394 e. The van der Waals surface area contributed by atoms with Crippen LogP contribution in [0.4, 0.5) is 0 Å². The Hall–Kier alpha value is -2.18. The number of amides is 1. The second-order valence-electron chi connectivity index (χ2n) is 4.58. The highest BCUT2D eigenvalue weighted by Crippen LogP contribution is 2.17. The number of carbonyl (C=O) groups excluding carboxylic acids is 1. The van der Waals surface area contributed by atoms with Crippen molar-refractivity contribution in [3.63, 3.8) is 0 Å². The van der Waals surface area contributed by atoms with Crippen LogP contribution in [0.25, 0.3) is 0 Å². The summed E-state index contributed by atoms with van der Waals surface area (Å²) >= 11 is 0. The van der Waals surface area contributed by atoms with E-state index in [1.54, 1.807) is 0 Å². The van der Waals surface area contributed by atoms with Gasteiger partial charge in [0, 0.05) is 12.6 Å². The first kappa shape index (κ1) is 15.2. The van der Waals surface area contributed by atoms with Gasteiger partial charge < -0.3 is 19.7 Å². The molecule has 0 aliphatic heterocycles. The molecule has 0 aliphatic carbocycles. The molecule has 0 spiro atoms. The van der Waals surface area contributed by atoms with Gasteiger partial charge in [0.05, 0.1) is 25.5 Å². The van der Waals surface area contributed by atoms with Gasteiger partial charge in [-0.05, 0) is 12.5 Å². The first-order valence-corrected chi connectivity index (χ1v) is 6.68. The second-order valence-corrected chi connectivity index (χ2v) is 4.58. The molecule has 112 valence electrons. The number of aliphatic hydroxyl groups is 1. The van der Waals surface area contributed by atoms with E-state index in [4.69, 9.17) is 14.4 Å². The molecule has 6 heteroatoms. The summed E-state index contributed by atoms with van der Waals surface area (Å²) in [6, 6.07) is 9.33. The Balaban J connectivity index is 1.99. The molecule has 1 aromatic carbocycles. The van der Waals surface area contributed by atoms with Gasteiger partial charge in [-0.2, -0.15) is 0 Å². The number of carbonyl (C=O) groups is 1. The zero-order chi connectivity index (χ0) is 15.1. The maximum absolute atomic E-state index is 11.8. The monoisotopic (exact) mass is 290 g/mol. The summed E-state index contributed by atoms with van der Waals surface area (Å²) in [6.07, 6.45) is 1.08. The fourth-order valence-electron chi connectivity index (χ4n) is 1.85. The number of benzene rings is 1. The molecular weight excluding hydrogens is 272 g/mol. The molecule has 1 heterocycles. The maximum Gasteiger partial charge on any atom is 0.289 e. The number of hydrogen-bond acceptors (Lipinski definition) is 5. The van der Waals surface area contributed by atoms with Crippen molar-refractivity contribution in [3.8, 4) is 0 Å². The zero-order valence-corrected chi connectivity index (χ0v) is 11.8. The molecule has 0 radical (unpaired) electrons. The minimum absolute atomic E-state index is 0.0710. The number of aromatic nitrogens is 1. The third-order valence-electron chi connectivity index (χ3n) is 2.97. The standard InChI is InChI=1S/C15H18N2O4/c1-11-2-4-12(5-3-11)14(20-9-8-18)10-16-15(19)13-6-7-17-21-13/h2-7,14,18H,8-10H2,1H3,(H,16,19). The smallest absolute Gasteiger partial charge is 0.289 e. The largest absolute Gasteiger partial charge is 0.394 e. The fourth-order valence-corrected chi connectivity index (χ4v) is 1.85. The molecule has 6 nitrogen and oxygen atoms in total. The summed E-state index contributed by atoms with van der Waals surface area (Å²) in [5.74, 6) is -0.197. The van der Waals surface area contributed by atoms with Gasteiger partial charge in [0.2, 0.25) is 5.76 Å². The number of nitrogens with one attached hydrogen (secondary N) is 1. The molecule has 21 heavy (non-hydrogen) atoms. The lowest BCUT2D eigenvalue weighted by Gasteiger charge is -2.18. The van der Waals surface area contributed by atoms with Gasteiger partial charge in [0.25, 0.3) is 5.91 Å². The van der Waals surface area contributed by atoms with E-state index >= 15 is 0 Å². The lowest BCUT2D eigenvalue weighted by Crippen LogP contribution is -2.29. The van der Waals surface area contributed by atoms with E-state index in [9.17, 15) is 4.79 Å². The maximum atomic E-state index is 11.8. The Morgan fingerprint density at radius 3 is 2.76 bits per heavy atom.